The van der Waals surface area contributed by atoms with E-state index in [1.165, 1.54) is 55.4 Å². The number of rotatable bonds is 8. The first-order valence-corrected chi connectivity index (χ1v) is 31.1. The van der Waals surface area contributed by atoms with Gasteiger partial charge in [0.25, 0.3) is 0 Å². The number of aromatic nitrogens is 3. The van der Waals surface area contributed by atoms with Gasteiger partial charge in [0.15, 0.2) is 0 Å². The molecule has 10 rings (SSSR count). The van der Waals surface area contributed by atoms with Crippen LogP contribution in [0, 0.1) is 30.8 Å². The van der Waals surface area contributed by atoms with E-state index >= 15 is 0 Å². The molecule has 0 saturated carbocycles. The van der Waals surface area contributed by atoms with Gasteiger partial charge in [-0.1, -0.05) is 111 Å². The number of aryl methyl sites for hydroxylation is 1. The summed E-state index contributed by atoms with van der Waals surface area (Å²) in [4.78, 5) is 9.99. The molecule has 0 aliphatic heterocycles. The molecule has 3 aromatic heterocycles. The van der Waals surface area contributed by atoms with E-state index < -0.39 is 13.3 Å². The zero-order valence-corrected chi connectivity index (χ0v) is 45.1. The minimum absolute atomic E-state index is 0. The predicted molar refractivity (Wildman–Crippen MR) is 283 cm³/mol. The average molecular weight is 1140 g/mol. The fourth-order valence-corrected chi connectivity index (χ4v) is 13.6. The van der Waals surface area contributed by atoms with Gasteiger partial charge in [-0.2, -0.15) is 11.3 Å². The van der Waals surface area contributed by atoms with Crippen LogP contribution in [-0.2, 0) is 31.9 Å². The average Bonchev–Trinajstić information content (AvgIpc) is 3.88. The van der Waals surface area contributed by atoms with Crippen LogP contribution in [0.1, 0.15) is 51.3 Å². The molecule has 1 radical (unpaired) electrons. The van der Waals surface area contributed by atoms with Crippen molar-refractivity contribution in [3.63, 3.8) is 0 Å². The molecule has 0 amide bonds. The van der Waals surface area contributed by atoms with E-state index in [9.17, 15) is 4.39 Å². The molecule has 0 aliphatic rings. The zero-order valence-electron chi connectivity index (χ0n) is 39.8. The predicted octanol–water partition coefficient (Wildman–Crippen LogP) is 16.2. The molecule has 0 bridgehead atoms. The Hall–Kier alpha value is -5.50. The van der Waals surface area contributed by atoms with Gasteiger partial charge in [0.05, 0.1) is 16.9 Å². The Morgan fingerprint density at radius 2 is 1.48 bits per heavy atom. The van der Waals surface area contributed by atoms with E-state index in [0.717, 1.165) is 61.6 Å². The molecule has 0 aliphatic carbocycles. The van der Waals surface area contributed by atoms with Crippen LogP contribution < -0.4 is 4.40 Å². The third kappa shape index (κ3) is 10.1. The topological polar surface area (TPSA) is 30.7 Å². The van der Waals surface area contributed by atoms with Crippen molar-refractivity contribution in [3.05, 3.63) is 192 Å². The van der Waals surface area contributed by atoms with Gasteiger partial charge >= 0.3 is 126 Å². The summed E-state index contributed by atoms with van der Waals surface area (Å²) in [6, 6.07) is 58.5. The summed E-state index contributed by atoms with van der Waals surface area (Å²) >= 11 is -0.0872. The van der Waals surface area contributed by atoms with E-state index in [1.807, 2.05) is 30.3 Å². The smallest absolute Gasteiger partial charge is 0.123 e. The SMILES string of the molecule is CC(C)Cc1cc(-c2[c-]cccc2)nc[c]1[Ge]([CH3])([CH3])[CH3].Cc1c[c-]c(-c2nc3ccccc3n2-c2ccc(C(C)(C)C)cc2-c2ccccc2)c2sc3cc(-c4ccc(F)cc4)ccc3c12.[Ir]. The number of benzene rings is 7. The van der Waals surface area contributed by atoms with Crippen molar-refractivity contribution in [3.8, 4) is 50.6 Å². The first-order valence-electron chi connectivity index (χ1n) is 22.9. The number of thiophene rings is 1. The fraction of sp³-hybridized carbons (Fsp3) is 0.200. The molecule has 0 N–H and O–H groups in total. The van der Waals surface area contributed by atoms with Crippen LogP contribution in [0.5, 0.6) is 0 Å². The molecular weight excluding hydrogens is 1080 g/mol. The first kappa shape index (κ1) is 48.0. The van der Waals surface area contributed by atoms with Crippen LogP contribution in [0.15, 0.2) is 158 Å². The van der Waals surface area contributed by atoms with Gasteiger partial charge in [-0.25, -0.2) is 4.39 Å². The maximum absolute atomic E-state index is 13.7. The summed E-state index contributed by atoms with van der Waals surface area (Å²) in [5.74, 6) is 8.64. The summed E-state index contributed by atoms with van der Waals surface area (Å²) in [5, 5.41) is 2.44. The van der Waals surface area contributed by atoms with Crippen molar-refractivity contribution in [1.29, 1.82) is 0 Å². The summed E-state index contributed by atoms with van der Waals surface area (Å²) in [7, 11) is 0. The summed E-state index contributed by atoms with van der Waals surface area (Å²) in [5.41, 5.74) is 14.6. The molecule has 10 aromatic rings. The number of nitrogens with zero attached hydrogens (tertiary/aromatic N) is 3. The first-order chi connectivity index (χ1) is 31.6. The standard InChI is InChI=1S/C42H32FN2S.C18H24GeN.Ir/c1-26-14-21-33(40-39(26)32-22-17-29(24-38(32)46-40)27-15-19-31(43)20-16-27)41-44-35-12-8-9-13-37(35)45(41)36-23-18-30(42(2,3)4)25-34(36)28-10-6-5-7-11-28;1-14(2)11-16-12-18(15-9-7-6-8-10-15)20-13-17(16)19(3,4)5;/h5-20,22-25H,1-4H3;6-9,12-14H,11H2,1-5H3;/q2*-1;. The number of para-hydroxylation sites is 2. The van der Waals surface area contributed by atoms with Crippen molar-refractivity contribution in [1.82, 2.24) is 14.5 Å². The molecule has 7 aromatic carbocycles. The van der Waals surface area contributed by atoms with Crippen molar-refractivity contribution < 1.29 is 24.5 Å². The van der Waals surface area contributed by atoms with Crippen molar-refractivity contribution in [2.45, 2.75) is 70.6 Å². The quantitative estimate of drug-likeness (QED) is 0.112. The van der Waals surface area contributed by atoms with E-state index in [0.29, 0.717) is 5.92 Å². The van der Waals surface area contributed by atoms with Crippen molar-refractivity contribution in [2.24, 2.45) is 5.92 Å². The number of hydrogen-bond donors (Lipinski definition) is 0. The van der Waals surface area contributed by atoms with E-state index in [2.05, 4.69) is 191 Å². The minimum atomic E-state index is -1.86. The monoisotopic (exact) mass is 1140 g/mol. The molecule has 67 heavy (non-hydrogen) atoms. The Kier molecular flexibility index (Phi) is 14.0. The summed E-state index contributed by atoms with van der Waals surface area (Å²) < 4.78 is 19.9. The number of imidazole rings is 1. The number of fused-ring (bicyclic) bond motifs is 4. The van der Waals surface area contributed by atoms with Crippen LogP contribution in [0.4, 0.5) is 4.39 Å². The Labute approximate surface area is 415 Å². The van der Waals surface area contributed by atoms with Gasteiger partial charge in [0.2, 0.25) is 0 Å². The molecule has 7 heteroatoms. The molecule has 0 unspecified atom stereocenters. The van der Waals surface area contributed by atoms with E-state index in [1.54, 1.807) is 15.7 Å². The molecular formula is C60H56FGeIrN3S-2. The Balaban J connectivity index is 0.000000244. The van der Waals surface area contributed by atoms with E-state index in [4.69, 9.17) is 9.97 Å². The molecule has 0 spiro atoms. The van der Waals surface area contributed by atoms with E-state index in [-0.39, 0.29) is 31.3 Å². The summed E-state index contributed by atoms with van der Waals surface area (Å²) in [6.45, 7) is 13.5. The number of hydrogen-bond acceptors (Lipinski definition) is 3. The second-order valence-electron chi connectivity index (χ2n) is 19.8. The normalized spacial score (nSPS) is 11.8. The molecule has 3 nitrogen and oxygen atoms in total. The van der Waals surface area contributed by atoms with Crippen LogP contribution >= 0.6 is 11.3 Å². The third-order valence-electron chi connectivity index (χ3n) is 12.3. The van der Waals surface area contributed by atoms with Crippen molar-refractivity contribution >= 4 is 60.2 Å². The second-order valence-corrected chi connectivity index (χ2v) is 31.5. The molecule has 0 fully saturated rings. The molecule has 0 atom stereocenters. The second kappa shape index (κ2) is 19.6. The van der Waals surface area contributed by atoms with Gasteiger partial charge in [0.1, 0.15) is 5.82 Å². The maximum atomic E-state index is 13.7. The van der Waals surface area contributed by atoms with Crippen LogP contribution in [-0.4, -0.2) is 27.8 Å². The molecule has 3 heterocycles. The van der Waals surface area contributed by atoms with Gasteiger partial charge in [-0.05, 0) is 80.2 Å². The molecule has 0 saturated heterocycles. The summed E-state index contributed by atoms with van der Waals surface area (Å²) in [6.07, 6.45) is 3.27. The molecule has 339 valence electrons. The Morgan fingerprint density at radius 1 is 0.761 bits per heavy atom. The largest absolute Gasteiger partial charge is 0.333 e. The minimum Gasteiger partial charge on any atom is -0.333 e. The van der Waals surface area contributed by atoms with Crippen LogP contribution in [0.2, 0.25) is 17.3 Å². The maximum Gasteiger partial charge on any atom is 0.123 e. The third-order valence-corrected chi connectivity index (χ3v) is 17.8. The Morgan fingerprint density at radius 3 is 2.18 bits per heavy atom. The van der Waals surface area contributed by atoms with Crippen LogP contribution in [0.3, 0.4) is 0 Å². The van der Waals surface area contributed by atoms with Gasteiger partial charge in [-0.15, -0.1) is 17.7 Å². The zero-order chi connectivity index (χ0) is 46.3. The van der Waals surface area contributed by atoms with Crippen LogP contribution in [0.25, 0.3) is 81.8 Å². The van der Waals surface area contributed by atoms with Gasteiger partial charge in [0, 0.05) is 36.1 Å². The van der Waals surface area contributed by atoms with Gasteiger partial charge < -0.3 is 4.57 Å². The number of pyridine rings is 1. The van der Waals surface area contributed by atoms with Crippen molar-refractivity contribution in [2.75, 3.05) is 0 Å². The Bertz CT molecular complexity index is 3340. The number of halogens is 1. The van der Waals surface area contributed by atoms with Gasteiger partial charge in [-0.3, -0.25) is 4.98 Å². The fourth-order valence-electron chi connectivity index (χ4n) is 8.94.